The van der Waals surface area contributed by atoms with Crippen LogP contribution in [0.5, 0.6) is 0 Å². The minimum absolute atomic E-state index is 0.665. The topological polar surface area (TPSA) is 38.0 Å². The van der Waals surface area contributed by atoms with Crippen LogP contribution in [-0.2, 0) is 12.8 Å². The second-order valence-electron chi connectivity index (χ2n) is 5.01. The number of nitrogens with two attached hydrogens (primary N) is 1. The fourth-order valence-corrected chi connectivity index (χ4v) is 2.87. The van der Waals surface area contributed by atoms with Crippen LogP contribution in [-0.4, -0.2) is 0 Å². The van der Waals surface area contributed by atoms with E-state index in [0.29, 0.717) is 10.7 Å². The van der Waals surface area contributed by atoms with Gasteiger partial charge in [0.1, 0.15) is 0 Å². The molecule has 0 saturated heterocycles. The first kappa shape index (κ1) is 12.4. The Hall–Kier alpha value is -1.67. The fourth-order valence-electron chi connectivity index (χ4n) is 2.69. The molecule has 0 radical (unpaired) electrons. The molecule has 0 aromatic heterocycles. The molecule has 3 N–H and O–H groups in total. The van der Waals surface area contributed by atoms with Gasteiger partial charge in [-0.1, -0.05) is 23.7 Å². The number of benzene rings is 2. The summed E-state index contributed by atoms with van der Waals surface area (Å²) < 4.78 is 0. The highest BCUT2D eigenvalue weighted by molar-refractivity contribution is 6.31. The molecule has 0 saturated carbocycles. The van der Waals surface area contributed by atoms with E-state index >= 15 is 0 Å². The van der Waals surface area contributed by atoms with Crippen molar-refractivity contribution in [1.29, 1.82) is 0 Å². The summed E-state index contributed by atoms with van der Waals surface area (Å²) in [6.45, 7) is 0. The maximum absolute atomic E-state index is 6.00. The van der Waals surface area contributed by atoms with Crippen molar-refractivity contribution in [2.24, 2.45) is 0 Å². The summed E-state index contributed by atoms with van der Waals surface area (Å²) in [5.41, 5.74) is 11.7. The molecule has 0 fully saturated rings. The maximum atomic E-state index is 6.00. The monoisotopic (exact) mass is 272 g/mol. The number of hydrogen-bond acceptors (Lipinski definition) is 2. The van der Waals surface area contributed by atoms with Crippen LogP contribution in [0.4, 0.5) is 17.1 Å². The fraction of sp³-hybridized carbons (Fsp3) is 0.250. The number of nitrogen functional groups attached to an aromatic ring is 1. The van der Waals surface area contributed by atoms with Gasteiger partial charge in [-0.25, -0.2) is 0 Å². The molecular weight excluding hydrogens is 256 g/mol. The lowest BCUT2D eigenvalue weighted by molar-refractivity contribution is 0.687. The third-order valence-electron chi connectivity index (χ3n) is 3.68. The van der Waals surface area contributed by atoms with Gasteiger partial charge in [-0.05, 0) is 61.1 Å². The Morgan fingerprint density at radius 1 is 1.00 bits per heavy atom. The smallest absolute Gasteiger partial charge is 0.0619 e. The van der Waals surface area contributed by atoms with Crippen LogP contribution in [0.2, 0.25) is 5.02 Å². The zero-order chi connectivity index (χ0) is 13.2. The molecule has 19 heavy (non-hydrogen) atoms. The Bertz CT molecular complexity index is 608. The van der Waals surface area contributed by atoms with Crippen molar-refractivity contribution in [2.75, 3.05) is 11.1 Å². The van der Waals surface area contributed by atoms with E-state index in [1.165, 1.54) is 36.1 Å². The van der Waals surface area contributed by atoms with Gasteiger partial charge in [0.25, 0.3) is 0 Å². The molecule has 0 spiro atoms. The van der Waals surface area contributed by atoms with E-state index in [2.05, 4.69) is 23.5 Å². The lowest BCUT2D eigenvalue weighted by Crippen LogP contribution is -2.06. The molecule has 3 rings (SSSR count). The van der Waals surface area contributed by atoms with E-state index < -0.39 is 0 Å². The summed E-state index contributed by atoms with van der Waals surface area (Å²) in [7, 11) is 0. The normalized spacial score (nSPS) is 13.9. The lowest BCUT2D eigenvalue weighted by Gasteiger charge is -2.20. The Morgan fingerprint density at radius 3 is 2.68 bits per heavy atom. The van der Waals surface area contributed by atoms with Gasteiger partial charge in [-0.3, -0.25) is 0 Å². The molecule has 0 amide bonds. The minimum atomic E-state index is 0.665. The molecular formula is C16H17ClN2. The summed E-state index contributed by atoms with van der Waals surface area (Å²) >= 11 is 5.93. The standard InChI is InChI=1S/C16H17ClN2/c17-12-8-9-16(14(18)10-12)19-15-7-3-5-11-4-1-2-6-13(11)15/h3,5,7-10,19H,1-2,4,6,18H2. The van der Waals surface area contributed by atoms with Crippen LogP contribution < -0.4 is 11.1 Å². The Balaban J connectivity index is 1.95. The second-order valence-corrected chi connectivity index (χ2v) is 5.44. The maximum Gasteiger partial charge on any atom is 0.0619 e. The van der Waals surface area contributed by atoms with E-state index in [0.717, 1.165) is 12.1 Å². The summed E-state index contributed by atoms with van der Waals surface area (Å²) in [5.74, 6) is 0. The van der Waals surface area contributed by atoms with Gasteiger partial charge in [0.2, 0.25) is 0 Å². The van der Waals surface area contributed by atoms with Crippen molar-refractivity contribution in [3.05, 3.63) is 52.5 Å². The zero-order valence-corrected chi connectivity index (χ0v) is 11.5. The van der Waals surface area contributed by atoms with Crippen LogP contribution in [0.25, 0.3) is 0 Å². The third-order valence-corrected chi connectivity index (χ3v) is 3.91. The molecule has 2 aromatic rings. The summed E-state index contributed by atoms with van der Waals surface area (Å²) in [6, 6.07) is 12.0. The van der Waals surface area contributed by atoms with Crippen molar-refractivity contribution < 1.29 is 0 Å². The first-order valence-corrected chi connectivity index (χ1v) is 7.04. The van der Waals surface area contributed by atoms with Crippen molar-refractivity contribution in [2.45, 2.75) is 25.7 Å². The number of anilines is 3. The molecule has 0 atom stereocenters. The molecule has 0 heterocycles. The van der Waals surface area contributed by atoms with Gasteiger partial charge in [0.05, 0.1) is 11.4 Å². The summed E-state index contributed by atoms with van der Waals surface area (Å²) in [6.07, 6.45) is 4.88. The van der Waals surface area contributed by atoms with Crippen molar-refractivity contribution >= 4 is 28.7 Å². The molecule has 1 aliphatic carbocycles. The highest BCUT2D eigenvalue weighted by Crippen LogP contribution is 2.32. The average molecular weight is 273 g/mol. The number of aryl methyl sites for hydroxylation is 1. The minimum Gasteiger partial charge on any atom is -0.397 e. The molecule has 3 heteroatoms. The molecule has 0 aliphatic heterocycles. The SMILES string of the molecule is Nc1cc(Cl)ccc1Nc1cccc2c1CCCC2. The number of hydrogen-bond donors (Lipinski definition) is 2. The van der Waals surface area contributed by atoms with Crippen LogP contribution in [0.15, 0.2) is 36.4 Å². The lowest BCUT2D eigenvalue weighted by atomic mass is 9.90. The Labute approximate surface area is 118 Å². The van der Waals surface area contributed by atoms with Crippen molar-refractivity contribution in [1.82, 2.24) is 0 Å². The second kappa shape index (κ2) is 5.14. The predicted molar refractivity (Wildman–Crippen MR) is 82.2 cm³/mol. The quantitative estimate of drug-likeness (QED) is 0.788. The molecule has 2 aromatic carbocycles. The van der Waals surface area contributed by atoms with Crippen LogP contribution in [0.1, 0.15) is 24.0 Å². The van der Waals surface area contributed by atoms with E-state index in [-0.39, 0.29) is 0 Å². The van der Waals surface area contributed by atoms with Crippen molar-refractivity contribution in [3.8, 4) is 0 Å². The van der Waals surface area contributed by atoms with Gasteiger partial charge in [0.15, 0.2) is 0 Å². The Kier molecular flexibility index (Phi) is 3.34. The van der Waals surface area contributed by atoms with Crippen LogP contribution in [0.3, 0.4) is 0 Å². The number of rotatable bonds is 2. The largest absolute Gasteiger partial charge is 0.397 e. The summed E-state index contributed by atoms with van der Waals surface area (Å²) in [4.78, 5) is 0. The highest BCUT2D eigenvalue weighted by atomic mass is 35.5. The number of fused-ring (bicyclic) bond motifs is 1. The van der Waals surface area contributed by atoms with Crippen LogP contribution >= 0.6 is 11.6 Å². The molecule has 0 bridgehead atoms. The number of nitrogens with one attached hydrogen (secondary N) is 1. The summed E-state index contributed by atoms with van der Waals surface area (Å²) in [5, 5.41) is 4.11. The third kappa shape index (κ3) is 2.54. The molecule has 0 unspecified atom stereocenters. The zero-order valence-electron chi connectivity index (χ0n) is 10.7. The van der Waals surface area contributed by atoms with E-state index in [4.69, 9.17) is 17.3 Å². The first-order valence-electron chi connectivity index (χ1n) is 6.67. The van der Waals surface area contributed by atoms with Gasteiger partial charge >= 0.3 is 0 Å². The molecule has 1 aliphatic rings. The van der Waals surface area contributed by atoms with Gasteiger partial charge in [-0.2, -0.15) is 0 Å². The van der Waals surface area contributed by atoms with Gasteiger partial charge < -0.3 is 11.1 Å². The average Bonchev–Trinajstić information content (AvgIpc) is 2.42. The highest BCUT2D eigenvalue weighted by Gasteiger charge is 2.13. The molecule has 2 nitrogen and oxygen atoms in total. The molecule has 98 valence electrons. The van der Waals surface area contributed by atoms with Gasteiger partial charge in [0, 0.05) is 10.7 Å². The van der Waals surface area contributed by atoms with Crippen molar-refractivity contribution in [3.63, 3.8) is 0 Å². The first-order chi connectivity index (χ1) is 9.24. The van der Waals surface area contributed by atoms with E-state index in [1.807, 2.05) is 12.1 Å². The number of halogens is 1. The van der Waals surface area contributed by atoms with E-state index in [1.54, 1.807) is 6.07 Å². The van der Waals surface area contributed by atoms with Gasteiger partial charge in [-0.15, -0.1) is 0 Å². The van der Waals surface area contributed by atoms with Crippen LogP contribution in [0, 0.1) is 0 Å². The Morgan fingerprint density at radius 2 is 1.84 bits per heavy atom. The predicted octanol–water partition coefficient (Wildman–Crippen LogP) is 4.54. The van der Waals surface area contributed by atoms with E-state index in [9.17, 15) is 0 Å².